The Labute approximate surface area is 164 Å². The molecule has 0 spiro atoms. The highest BCUT2D eigenvalue weighted by Gasteiger charge is 2.05. The lowest BCUT2D eigenvalue weighted by atomic mass is 10.1. The number of aromatic nitrogens is 1. The Hall–Kier alpha value is -1.22. The molecule has 0 aliphatic carbocycles. The lowest BCUT2D eigenvalue weighted by Gasteiger charge is -2.11. The molecule has 2 rings (SSSR count). The normalized spacial score (nSPS) is 11.1. The molecule has 0 aliphatic heterocycles. The standard InChI is InChI=1S/C17H23FN4S.HI/c1-4-19-17(21-11-16-12(2)22-13(3)23-16)20-9-8-14-6-5-7-15(18)10-14;/h5-7,10H,4,8-9,11H2,1-3H3,(H2,19,20,21);1H. The molecule has 0 bridgehead atoms. The van der Waals surface area contributed by atoms with E-state index in [2.05, 4.69) is 20.6 Å². The summed E-state index contributed by atoms with van der Waals surface area (Å²) in [6.07, 6.45) is 0.751. The second-order valence-corrected chi connectivity index (χ2v) is 6.53. The molecule has 4 nitrogen and oxygen atoms in total. The van der Waals surface area contributed by atoms with Gasteiger partial charge in [-0.1, -0.05) is 12.1 Å². The fraction of sp³-hybridized carbons (Fsp3) is 0.412. The van der Waals surface area contributed by atoms with Gasteiger partial charge in [-0.05, 0) is 44.9 Å². The summed E-state index contributed by atoms with van der Waals surface area (Å²) in [5.74, 6) is 0.577. The average molecular weight is 462 g/mol. The van der Waals surface area contributed by atoms with Gasteiger partial charge >= 0.3 is 0 Å². The first-order valence-electron chi connectivity index (χ1n) is 7.78. The third-order valence-electron chi connectivity index (χ3n) is 3.32. The minimum absolute atomic E-state index is 0. The monoisotopic (exact) mass is 462 g/mol. The average Bonchev–Trinajstić information content (AvgIpc) is 2.83. The Morgan fingerprint density at radius 2 is 2.08 bits per heavy atom. The molecule has 0 aliphatic rings. The van der Waals surface area contributed by atoms with E-state index in [1.807, 2.05) is 26.8 Å². The second kappa shape index (κ2) is 10.6. The van der Waals surface area contributed by atoms with Gasteiger partial charge in [-0.25, -0.2) is 14.4 Å². The van der Waals surface area contributed by atoms with E-state index in [-0.39, 0.29) is 29.8 Å². The van der Waals surface area contributed by atoms with Gasteiger partial charge in [-0.2, -0.15) is 0 Å². The first kappa shape index (κ1) is 20.8. The third-order valence-corrected chi connectivity index (χ3v) is 4.38. The van der Waals surface area contributed by atoms with Crippen molar-refractivity contribution in [3.63, 3.8) is 0 Å². The molecule has 2 N–H and O–H groups in total. The number of aryl methyl sites for hydroxylation is 2. The summed E-state index contributed by atoms with van der Waals surface area (Å²) < 4.78 is 13.2. The minimum atomic E-state index is -0.195. The van der Waals surface area contributed by atoms with Crippen molar-refractivity contribution in [2.75, 3.05) is 13.1 Å². The first-order valence-corrected chi connectivity index (χ1v) is 8.59. The molecule has 0 saturated carbocycles. The van der Waals surface area contributed by atoms with Gasteiger partial charge in [0.05, 0.1) is 17.2 Å². The number of nitrogens with one attached hydrogen (secondary N) is 2. The predicted molar refractivity (Wildman–Crippen MR) is 110 cm³/mol. The largest absolute Gasteiger partial charge is 0.357 e. The van der Waals surface area contributed by atoms with Crippen molar-refractivity contribution in [3.05, 3.63) is 51.2 Å². The van der Waals surface area contributed by atoms with Crippen LogP contribution in [0.4, 0.5) is 4.39 Å². The molecule has 0 radical (unpaired) electrons. The number of halogens is 2. The van der Waals surface area contributed by atoms with E-state index in [4.69, 9.17) is 0 Å². The molecule has 7 heteroatoms. The lowest BCUT2D eigenvalue weighted by molar-refractivity contribution is 0.625. The van der Waals surface area contributed by atoms with Crippen LogP contribution in [0.3, 0.4) is 0 Å². The number of hydrogen-bond acceptors (Lipinski definition) is 3. The van der Waals surface area contributed by atoms with E-state index in [1.54, 1.807) is 23.5 Å². The number of aliphatic imine (C=N–C) groups is 1. The molecule has 1 heterocycles. The molecule has 0 saturated heterocycles. The van der Waals surface area contributed by atoms with Crippen LogP contribution in [0.25, 0.3) is 0 Å². The van der Waals surface area contributed by atoms with E-state index < -0.39 is 0 Å². The molecular formula is C17H24FIN4S. The van der Waals surface area contributed by atoms with E-state index >= 15 is 0 Å². The molecule has 0 amide bonds. The number of hydrogen-bond donors (Lipinski definition) is 2. The molecule has 1 aromatic carbocycles. The highest BCUT2D eigenvalue weighted by molar-refractivity contribution is 14.0. The molecule has 0 atom stereocenters. The first-order chi connectivity index (χ1) is 11.1. The SMILES string of the molecule is CCNC(=NCc1sc(C)nc1C)NCCc1cccc(F)c1.I. The zero-order valence-electron chi connectivity index (χ0n) is 14.2. The summed E-state index contributed by atoms with van der Waals surface area (Å²) >= 11 is 1.68. The molecule has 0 fully saturated rings. The number of guanidine groups is 1. The zero-order chi connectivity index (χ0) is 16.7. The number of nitrogens with zero attached hydrogens (tertiary/aromatic N) is 2. The van der Waals surface area contributed by atoms with Crippen LogP contribution in [0.15, 0.2) is 29.3 Å². The molecule has 1 aromatic heterocycles. The van der Waals surface area contributed by atoms with Crippen LogP contribution in [0.5, 0.6) is 0 Å². The second-order valence-electron chi connectivity index (χ2n) is 5.24. The molecule has 132 valence electrons. The Morgan fingerprint density at radius 3 is 2.71 bits per heavy atom. The van der Waals surface area contributed by atoms with Crippen LogP contribution in [0.2, 0.25) is 0 Å². The van der Waals surface area contributed by atoms with Crippen LogP contribution < -0.4 is 10.6 Å². The van der Waals surface area contributed by atoms with Crippen LogP contribution in [0, 0.1) is 19.7 Å². The van der Waals surface area contributed by atoms with Crippen molar-refractivity contribution in [2.24, 2.45) is 4.99 Å². The maximum absolute atomic E-state index is 13.2. The van der Waals surface area contributed by atoms with Crippen molar-refractivity contribution in [1.29, 1.82) is 0 Å². The van der Waals surface area contributed by atoms with Gasteiger partial charge < -0.3 is 10.6 Å². The molecular weight excluding hydrogens is 438 g/mol. The van der Waals surface area contributed by atoms with E-state index in [0.29, 0.717) is 13.1 Å². The number of thiazole rings is 1. The van der Waals surface area contributed by atoms with Crippen molar-refractivity contribution in [2.45, 2.75) is 33.7 Å². The molecule has 2 aromatic rings. The van der Waals surface area contributed by atoms with Crippen molar-refractivity contribution < 1.29 is 4.39 Å². The van der Waals surface area contributed by atoms with Gasteiger partial charge in [0, 0.05) is 18.0 Å². The minimum Gasteiger partial charge on any atom is -0.357 e. The Bertz CT molecular complexity index is 672. The maximum atomic E-state index is 13.2. The van der Waals surface area contributed by atoms with Crippen molar-refractivity contribution in [3.8, 4) is 0 Å². The summed E-state index contributed by atoms with van der Waals surface area (Å²) in [7, 11) is 0. The van der Waals surface area contributed by atoms with Crippen molar-refractivity contribution in [1.82, 2.24) is 15.6 Å². The van der Waals surface area contributed by atoms with Crippen LogP contribution in [-0.4, -0.2) is 24.0 Å². The highest BCUT2D eigenvalue weighted by atomic mass is 127. The van der Waals surface area contributed by atoms with Gasteiger partial charge in [-0.15, -0.1) is 35.3 Å². The van der Waals surface area contributed by atoms with Crippen molar-refractivity contribution >= 4 is 41.3 Å². The fourth-order valence-corrected chi connectivity index (χ4v) is 3.09. The van der Waals surface area contributed by atoms with Gasteiger partial charge in [0.15, 0.2) is 5.96 Å². The van der Waals surface area contributed by atoms with E-state index in [9.17, 15) is 4.39 Å². The van der Waals surface area contributed by atoms with Crippen LogP contribution >= 0.6 is 35.3 Å². The number of benzene rings is 1. The van der Waals surface area contributed by atoms with Gasteiger partial charge in [-0.3, -0.25) is 0 Å². The lowest BCUT2D eigenvalue weighted by Crippen LogP contribution is -2.38. The van der Waals surface area contributed by atoms with Gasteiger partial charge in [0.25, 0.3) is 0 Å². The van der Waals surface area contributed by atoms with Gasteiger partial charge in [0.1, 0.15) is 5.82 Å². The Balaban J connectivity index is 0.00000288. The van der Waals surface area contributed by atoms with E-state index in [0.717, 1.165) is 35.2 Å². The summed E-state index contributed by atoms with van der Waals surface area (Å²) in [6, 6.07) is 6.69. The quantitative estimate of drug-likeness (QED) is 0.390. The number of rotatable bonds is 6. The summed E-state index contributed by atoms with van der Waals surface area (Å²) in [4.78, 5) is 10.2. The summed E-state index contributed by atoms with van der Waals surface area (Å²) in [6.45, 7) is 8.17. The summed E-state index contributed by atoms with van der Waals surface area (Å²) in [5.41, 5.74) is 2.02. The van der Waals surface area contributed by atoms with Crippen LogP contribution in [-0.2, 0) is 13.0 Å². The Kier molecular flexibility index (Phi) is 9.20. The predicted octanol–water partition coefficient (Wildman–Crippen LogP) is 3.81. The fourth-order valence-electron chi connectivity index (χ4n) is 2.23. The smallest absolute Gasteiger partial charge is 0.191 e. The maximum Gasteiger partial charge on any atom is 0.191 e. The third kappa shape index (κ3) is 6.72. The zero-order valence-corrected chi connectivity index (χ0v) is 17.4. The van der Waals surface area contributed by atoms with Crippen LogP contribution in [0.1, 0.15) is 28.1 Å². The van der Waals surface area contributed by atoms with Gasteiger partial charge in [0.2, 0.25) is 0 Å². The summed E-state index contributed by atoms with van der Waals surface area (Å²) in [5, 5.41) is 7.58. The Morgan fingerprint density at radius 1 is 1.29 bits per heavy atom. The molecule has 24 heavy (non-hydrogen) atoms. The molecule has 0 unspecified atom stereocenters. The highest BCUT2D eigenvalue weighted by Crippen LogP contribution is 2.17. The topological polar surface area (TPSA) is 49.3 Å². The van der Waals surface area contributed by atoms with E-state index in [1.165, 1.54) is 10.9 Å².